The second-order valence-electron chi connectivity index (χ2n) is 22.2. The van der Waals surface area contributed by atoms with E-state index in [9.17, 15) is 0 Å². The number of ether oxygens (including phenoxy) is 1. The van der Waals surface area contributed by atoms with Crippen LogP contribution in [-0.2, 0) is 10.8 Å². The Kier molecular flexibility index (Phi) is 9.25. The van der Waals surface area contributed by atoms with Crippen LogP contribution in [0.5, 0.6) is 11.5 Å². The quantitative estimate of drug-likeness (QED) is 0.161. The first-order valence-corrected chi connectivity index (χ1v) is 30.1. The van der Waals surface area contributed by atoms with E-state index in [1.54, 1.807) is 0 Å². The van der Waals surface area contributed by atoms with E-state index in [2.05, 4.69) is 245 Å². The number of benzene rings is 7. The fraction of sp³-hybridized carbons (Fsp3) is 0.217. The van der Waals surface area contributed by atoms with Crippen molar-refractivity contribution in [2.45, 2.75) is 78.6 Å². The monoisotopic (exact) mass is 921 g/mol. The molecule has 3 aliphatic rings. The SMILES string of the molecule is CC(C)(C)c1ccnc(-n2c3ccc(C(C)(C)C)cc3c3ccc(Oc4cccc(N5CN(c6cc7c8c(c6)[Si](C)(C)c6ccccc6N8c6ccccc6[Si]7(C)C)c6ccccc65)c4)cc32)c1. The van der Waals surface area contributed by atoms with Crippen LogP contribution in [0.2, 0.25) is 26.2 Å². The van der Waals surface area contributed by atoms with Crippen LogP contribution in [0.25, 0.3) is 27.6 Å². The van der Waals surface area contributed by atoms with Crippen LogP contribution in [0.4, 0.5) is 39.8 Å². The molecule has 6 nitrogen and oxygen atoms in total. The third kappa shape index (κ3) is 6.44. The number of anilines is 7. The molecule has 2 aromatic heterocycles. The van der Waals surface area contributed by atoms with Crippen LogP contribution in [0.1, 0.15) is 52.7 Å². The van der Waals surface area contributed by atoms with E-state index in [0.29, 0.717) is 6.67 Å². The molecule has 0 bridgehead atoms. The largest absolute Gasteiger partial charge is 0.457 e. The molecule has 7 aromatic carbocycles. The second-order valence-corrected chi connectivity index (χ2v) is 30.9. The van der Waals surface area contributed by atoms with Gasteiger partial charge >= 0.3 is 0 Å². The van der Waals surface area contributed by atoms with Crippen molar-refractivity contribution < 1.29 is 4.74 Å². The summed E-state index contributed by atoms with van der Waals surface area (Å²) in [5, 5.41) is 8.43. The number of pyridine rings is 1. The number of nitrogens with zero attached hydrogens (tertiary/aromatic N) is 5. The van der Waals surface area contributed by atoms with Gasteiger partial charge in [-0.3, -0.25) is 4.57 Å². The minimum atomic E-state index is -2.12. The van der Waals surface area contributed by atoms with Gasteiger partial charge in [0, 0.05) is 57.5 Å². The number of aromatic nitrogens is 2. The molecule has 8 heteroatoms. The number of rotatable bonds is 5. The maximum atomic E-state index is 6.87. The summed E-state index contributed by atoms with van der Waals surface area (Å²) < 4.78 is 9.18. The fourth-order valence-electron chi connectivity index (χ4n) is 11.3. The summed E-state index contributed by atoms with van der Waals surface area (Å²) in [6, 6.07) is 58.7. The molecule has 0 radical (unpaired) electrons. The van der Waals surface area contributed by atoms with E-state index in [1.807, 2.05) is 6.20 Å². The van der Waals surface area contributed by atoms with E-state index in [4.69, 9.17) is 9.72 Å². The van der Waals surface area contributed by atoms with Gasteiger partial charge in [0.15, 0.2) is 0 Å². The topological polar surface area (TPSA) is 36.8 Å². The highest BCUT2D eigenvalue weighted by Gasteiger charge is 2.47. The summed E-state index contributed by atoms with van der Waals surface area (Å²) in [5.74, 6) is 2.48. The maximum absolute atomic E-state index is 6.87. The zero-order valence-electron chi connectivity index (χ0n) is 40.9. The molecular weight excluding hydrogens is 863 g/mol. The standard InChI is InChI=1S/C60H59N5OSi2/c1-59(2,3)39-26-29-47-46(32-39)45-28-27-44(37-52(45)64(47)57-33-40(30-31-61-57)60(4,5)6)66-43-19-17-18-41(34-43)62-38-63(49-21-12-11-20-48(49)62)42-35-55-58-56(36-42)68(9,10)54-25-16-14-23-51(54)65(58)50-22-13-15-24-53(50)67(55,7)8/h11-37H,38H2,1-10H3. The van der Waals surface area contributed by atoms with Gasteiger partial charge in [-0.15, -0.1) is 0 Å². The number of hydrogen-bond acceptors (Lipinski definition) is 5. The van der Waals surface area contributed by atoms with Crippen molar-refractivity contribution in [1.82, 2.24) is 9.55 Å². The van der Waals surface area contributed by atoms with Gasteiger partial charge in [0.25, 0.3) is 0 Å². The molecular formula is C60H59N5OSi2. The summed E-state index contributed by atoms with van der Waals surface area (Å²) in [5.41, 5.74) is 13.6. The Bertz CT molecular complexity index is 3460. The lowest BCUT2D eigenvalue weighted by molar-refractivity contribution is 0.483. The van der Waals surface area contributed by atoms with Crippen LogP contribution in [0, 0.1) is 0 Å². The zero-order chi connectivity index (χ0) is 47.1. The number of fused-ring (bicyclic) bond motifs is 8. The van der Waals surface area contributed by atoms with Crippen LogP contribution in [-0.4, -0.2) is 32.4 Å². The second kappa shape index (κ2) is 14.8. The van der Waals surface area contributed by atoms with E-state index in [0.717, 1.165) is 34.0 Å². The molecule has 3 aliphatic heterocycles. The molecule has 9 aromatic rings. The first-order valence-electron chi connectivity index (χ1n) is 24.1. The first-order chi connectivity index (χ1) is 32.5. The molecule has 0 N–H and O–H groups in total. The third-order valence-corrected chi connectivity index (χ3v) is 22.2. The summed E-state index contributed by atoms with van der Waals surface area (Å²) in [6.45, 7) is 24.5. The van der Waals surface area contributed by atoms with Crippen LogP contribution in [0.3, 0.4) is 0 Å². The Morgan fingerprint density at radius 2 is 1.04 bits per heavy atom. The predicted octanol–water partition coefficient (Wildman–Crippen LogP) is 13.6. The first kappa shape index (κ1) is 42.5. The van der Waals surface area contributed by atoms with E-state index >= 15 is 0 Å². The average Bonchev–Trinajstić information content (AvgIpc) is 3.87. The van der Waals surface area contributed by atoms with Gasteiger partial charge < -0.3 is 19.4 Å². The maximum Gasteiger partial charge on any atom is 0.137 e. The van der Waals surface area contributed by atoms with Gasteiger partial charge in [-0.2, -0.15) is 0 Å². The van der Waals surface area contributed by atoms with Gasteiger partial charge in [0.1, 0.15) is 40.1 Å². The zero-order valence-corrected chi connectivity index (χ0v) is 42.9. The molecule has 0 atom stereocenters. The average molecular weight is 922 g/mol. The molecule has 0 aliphatic carbocycles. The molecule has 12 rings (SSSR count). The normalized spacial score (nSPS) is 15.6. The van der Waals surface area contributed by atoms with Crippen molar-refractivity contribution in [1.29, 1.82) is 0 Å². The molecule has 5 heterocycles. The molecule has 338 valence electrons. The van der Waals surface area contributed by atoms with E-state index < -0.39 is 16.1 Å². The smallest absolute Gasteiger partial charge is 0.137 e. The van der Waals surface area contributed by atoms with Crippen molar-refractivity contribution in [2.24, 2.45) is 0 Å². The Balaban J connectivity index is 0.929. The Labute approximate surface area is 403 Å². The highest BCUT2D eigenvalue weighted by molar-refractivity contribution is 7.07. The third-order valence-electron chi connectivity index (χ3n) is 15.2. The molecule has 68 heavy (non-hydrogen) atoms. The molecule has 0 saturated heterocycles. The van der Waals surface area contributed by atoms with Gasteiger partial charge in [0.2, 0.25) is 0 Å². The lowest BCUT2D eigenvalue weighted by Crippen LogP contribution is -2.66. The minimum Gasteiger partial charge on any atom is -0.457 e. The van der Waals surface area contributed by atoms with E-state index in [-0.39, 0.29) is 10.8 Å². The molecule has 0 unspecified atom stereocenters. The van der Waals surface area contributed by atoms with Gasteiger partial charge in [-0.05, 0) is 128 Å². The molecule has 0 saturated carbocycles. The summed E-state index contributed by atoms with van der Waals surface area (Å²) >= 11 is 0. The number of para-hydroxylation sites is 4. The van der Waals surface area contributed by atoms with Crippen molar-refractivity contribution in [2.75, 3.05) is 21.4 Å². The van der Waals surface area contributed by atoms with Gasteiger partial charge in [-0.1, -0.05) is 128 Å². The van der Waals surface area contributed by atoms with Crippen molar-refractivity contribution in [3.05, 3.63) is 175 Å². The van der Waals surface area contributed by atoms with E-state index in [1.165, 1.54) is 76.8 Å². The Hall–Kier alpha value is -6.88. The summed E-state index contributed by atoms with van der Waals surface area (Å²) in [6.07, 6.45) is 1.94. The van der Waals surface area contributed by atoms with Crippen molar-refractivity contribution >= 4 is 98.5 Å². The Morgan fingerprint density at radius 1 is 0.471 bits per heavy atom. The van der Waals surface area contributed by atoms with Gasteiger partial charge in [-0.25, -0.2) is 4.98 Å². The predicted molar refractivity (Wildman–Crippen MR) is 293 cm³/mol. The number of hydrogen-bond donors (Lipinski definition) is 0. The highest BCUT2D eigenvalue weighted by Crippen LogP contribution is 2.48. The lowest BCUT2D eigenvalue weighted by Gasteiger charge is -2.49. The fourth-order valence-corrected chi connectivity index (χ4v) is 17.4. The molecule has 0 fully saturated rings. The van der Waals surface area contributed by atoms with Crippen molar-refractivity contribution in [3.63, 3.8) is 0 Å². The highest BCUT2D eigenvalue weighted by atomic mass is 28.3. The lowest BCUT2D eigenvalue weighted by atomic mass is 9.86. The van der Waals surface area contributed by atoms with Crippen molar-refractivity contribution in [3.8, 4) is 17.3 Å². The van der Waals surface area contributed by atoms with Crippen LogP contribution in [0.15, 0.2) is 164 Å². The summed E-state index contributed by atoms with van der Waals surface area (Å²) in [4.78, 5) is 12.6. The minimum absolute atomic E-state index is 0.0166. The molecule has 0 spiro atoms. The summed E-state index contributed by atoms with van der Waals surface area (Å²) in [7, 11) is -4.25. The van der Waals surface area contributed by atoms with Crippen LogP contribution < -0.4 is 40.2 Å². The van der Waals surface area contributed by atoms with Gasteiger partial charge in [0.05, 0.1) is 22.4 Å². The Morgan fingerprint density at radius 3 is 1.68 bits per heavy atom. The molecule has 0 amide bonds. The van der Waals surface area contributed by atoms with Crippen LogP contribution >= 0.6 is 0 Å².